The van der Waals surface area contributed by atoms with E-state index in [4.69, 9.17) is 0 Å². The van der Waals surface area contributed by atoms with Crippen LogP contribution in [0.15, 0.2) is 23.3 Å². The van der Waals surface area contributed by atoms with Crippen LogP contribution in [0.1, 0.15) is 39.5 Å². The second kappa shape index (κ2) is 6.15. The van der Waals surface area contributed by atoms with Gasteiger partial charge in [0.15, 0.2) is 5.69 Å². The number of fused-ring (bicyclic) bond motifs is 1. The van der Waals surface area contributed by atoms with Gasteiger partial charge in [-0.25, -0.2) is 4.98 Å². The monoisotopic (exact) mass is 342 g/mol. The minimum absolute atomic E-state index is 0.0421. The molecule has 0 bridgehead atoms. The number of amides is 2. The highest BCUT2D eigenvalue weighted by Gasteiger charge is 2.27. The summed E-state index contributed by atoms with van der Waals surface area (Å²) in [5, 5.41) is 4.40. The van der Waals surface area contributed by atoms with Gasteiger partial charge in [-0.15, -0.1) is 0 Å². The van der Waals surface area contributed by atoms with Gasteiger partial charge in [-0.3, -0.25) is 19.1 Å². The van der Waals surface area contributed by atoms with E-state index < -0.39 is 0 Å². The average molecular weight is 342 g/mol. The van der Waals surface area contributed by atoms with Gasteiger partial charge in [0.25, 0.3) is 17.4 Å². The molecule has 2 aliphatic rings. The van der Waals surface area contributed by atoms with Crippen LogP contribution in [0.4, 0.5) is 0 Å². The Hall–Kier alpha value is -2.97. The molecule has 2 aromatic rings. The van der Waals surface area contributed by atoms with Gasteiger partial charge in [-0.05, 0) is 18.9 Å². The molecule has 1 fully saturated rings. The van der Waals surface area contributed by atoms with Crippen molar-refractivity contribution < 1.29 is 9.59 Å². The predicted molar refractivity (Wildman–Crippen MR) is 87.0 cm³/mol. The van der Waals surface area contributed by atoms with Crippen molar-refractivity contribution in [2.75, 3.05) is 19.6 Å². The van der Waals surface area contributed by atoms with Crippen molar-refractivity contribution in [2.24, 2.45) is 0 Å². The summed E-state index contributed by atoms with van der Waals surface area (Å²) >= 11 is 0. The summed E-state index contributed by atoms with van der Waals surface area (Å²) in [4.78, 5) is 45.8. The average Bonchev–Trinajstić information content (AvgIpc) is 3.30. The Balaban J connectivity index is 1.51. The van der Waals surface area contributed by atoms with Gasteiger partial charge >= 0.3 is 0 Å². The maximum Gasteiger partial charge on any atom is 0.274 e. The first-order chi connectivity index (χ1) is 12.1. The second-order valence-electron chi connectivity index (χ2n) is 6.27. The van der Waals surface area contributed by atoms with E-state index in [-0.39, 0.29) is 23.1 Å². The summed E-state index contributed by atoms with van der Waals surface area (Å²) in [7, 11) is 0. The van der Waals surface area contributed by atoms with Crippen molar-refractivity contribution in [3.63, 3.8) is 0 Å². The van der Waals surface area contributed by atoms with Crippen LogP contribution < -0.4 is 5.56 Å². The van der Waals surface area contributed by atoms with Crippen molar-refractivity contribution in [3.05, 3.63) is 45.9 Å². The van der Waals surface area contributed by atoms with Crippen molar-refractivity contribution in [2.45, 2.75) is 25.9 Å². The number of aromatic amines is 1. The number of carbonyl (C=O) groups excluding carboxylic acids is 2. The molecular weight excluding hydrogens is 324 g/mol. The zero-order valence-corrected chi connectivity index (χ0v) is 13.6. The van der Waals surface area contributed by atoms with Crippen LogP contribution in [0.2, 0.25) is 0 Å². The van der Waals surface area contributed by atoms with Gasteiger partial charge in [0.05, 0.1) is 25.0 Å². The van der Waals surface area contributed by atoms with E-state index in [1.807, 2.05) is 4.90 Å². The van der Waals surface area contributed by atoms with E-state index in [0.29, 0.717) is 25.3 Å². The third-order valence-corrected chi connectivity index (χ3v) is 4.59. The fourth-order valence-corrected chi connectivity index (χ4v) is 3.25. The molecule has 0 saturated carbocycles. The van der Waals surface area contributed by atoms with Gasteiger partial charge in [-0.1, -0.05) is 0 Å². The largest absolute Gasteiger partial charge is 0.337 e. The molecule has 0 radical (unpaired) electrons. The molecule has 0 aromatic carbocycles. The molecule has 4 rings (SSSR count). The summed E-state index contributed by atoms with van der Waals surface area (Å²) in [5.41, 5.74) is 1.11. The molecule has 0 aliphatic carbocycles. The highest BCUT2D eigenvalue weighted by molar-refractivity contribution is 5.93. The second-order valence-corrected chi connectivity index (χ2v) is 6.27. The molecule has 2 aliphatic heterocycles. The SMILES string of the molecule is O=C(c1c[nH]c(=O)cn1)N1CCn2nc(C(=O)N3CCCC3)cc2C1. The maximum atomic E-state index is 12.5. The summed E-state index contributed by atoms with van der Waals surface area (Å²) in [5.74, 6) is -0.296. The van der Waals surface area contributed by atoms with E-state index >= 15 is 0 Å². The lowest BCUT2D eigenvalue weighted by atomic mass is 10.2. The van der Waals surface area contributed by atoms with Crippen molar-refractivity contribution in [3.8, 4) is 0 Å². The highest BCUT2D eigenvalue weighted by atomic mass is 16.2. The molecule has 2 aromatic heterocycles. The Morgan fingerprint density at radius 1 is 1.00 bits per heavy atom. The number of hydrogen-bond acceptors (Lipinski definition) is 5. The molecule has 4 heterocycles. The molecule has 1 saturated heterocycles. The molecule has 2 amide bonds. The van der Waals surface area contributed by atoms with E-state index in [0.717, 1.165) is 37.8 Å². The van der Waals surface area contributed by atoms with Crippen LogP contribution in [-0.4, -0.2) is 61.0 Å². The topological polar surface area (TPSA) is 104 Å². The maximum absolute atomic E-state index is 12.5. The van der Waals surface area contributed by atoms with Crippen LogP contribution in [-0.2, 0) is 13.1 Å². The lowest BCUT2D eigenvalue weighted by Crippen LogP contribution is -2.39. The third-order valence-electron chi connectivity index (χ3n) is 4.59. The standard InChI is InChI=1S/C16H18N6O3/c23-14-9-17-13(8-18-14)16(25)21-5-6-22-11(10-21)7-12(19-22)15(24)20-3-1-2-4-20/h7-9H,1-6,10H2,(H,18,23). The van der Waals surface area contributed by atoms with Crippen LogP contribution in [0, 0.1) is 0 Å². The lowest BCUT2D eigenvalue weighted by Gasteiger charge is -2.27. The number of carbonyl (C=O) groups is 2. The number of likely N-dealkylation sites (tertiary alicyclic amines) is 1. The van der Waals surface area contributed by atoms with Crippen LogP contribution >= 0.6 is 0 Å². The van der Waals surface area contributed by atoms with E-state index in [1.54, 1.807) is 15.6 Å². The lowest BCUT2D eigenvalue weighted by molar-refractivity contribution is 0.0697. The summed E-state index contributed by atoms with van der Waals surface area (Å²) in [6, 6.07) is 1.76. The Labute approximate surface area is 143 Å². The molecule has 9 heteroatoms. The molecule has 1 N–H and O–H groups in total. The molecule has 0 unspecified atom stereocenters. The minimum atomic E-state index is -0.349. The summed E-state index contributed by atoms with van der Waals surface area (Å²) in [6.45, 7) is 2.93. The van der Waals surface area contributed by atoms with Crippen LogP contribution in [0.25, 0.3) is 0 Å². The number of nitrogens with zero attached hydrogens (tertiary/aromatic N) is 5. The molecule has 0 spiro atoms. The van der Waals surface area contributed by atoms with Crippen LogP contribution in [0.3, 0.4) is 0 Å². The molecule has 9 nitrogen and oxygen atoms in total. The van der Waals surface area contributed by atoms with Gasteiger partial charge in [0.1, 0.15) is 5.69 Å². The Bertz CT molecular complexity index is 860. The molecule has 0 atom stereocenters. The number of rotatable bonds is 2. The molecular formula is C16H18N6O3. The van der Waals surface area contributed by atoms with Gasteiger partial charge in [0.2, 0.25) is 0 Å². The predicted octanol–water partition coefficient (Wildman–Crippen LogP) is -0.142. The van der Waals surface area contributed by atoms with Crippen LogP contribution in [0.5, 0.6) is 0 Å². The third kappa shape index (κ3) is 2.92. The van der Waals surface area contributed by atoms with E-state index in [9.17, 15) is 14.4 Å². The number of aromatic nitrogens is 4. The summed E-state index contributed by atoms with van der Waals surface area (Å²) < 4.78 is 1.79. The van der Waals surface area contributed by atoms with Crippen molar-refractivity contribution in [1.82, 2.24) is 29.5 Å². The number of hydrogen-bond donors (Lipinski definition) is 1. The van der Waals surface area contributed by atoms with Gasteiger partial charge in [0, 0.05) is 25.8 Å². The van der Waals surface area contributed by atoms with Gasteiger partial charge < -0.3 is 14.8 Å². The fourth-order valence-electron chi connectivity index (χ4n) is 3.25. The van der Waals surface area contributed by atoms with Gasteiger partial charge in [-0.2, -0.15) is 5.10 Å². The molecule has 25 heavy (non-hydrogen) atoms. The highest BCUT2D eigenvalue weighted by Crippen LogP contribution is 2.18. The Morgan fingerprint density at radius 2 is 1.76 bits per heavy atom. The zero-order chi connectivity index (χ0) is 17.4. The normalized spacial score (nSPS) is 16.8. The first kappa shape index (κ1) is 15.6. The van der Waals surface area contributed by atoms with Crippen molar-refractivity contribution in [1.29, 1.82) is 0 Å². The minimum Gasteiger partial charge on any atom is -0.337 e. The fraction of sp³-hybridized carbons (Fsp3) is 0.438. The van der Waals surface area contributed by atoms with Crippen molar-refractivity contribution >= 4 is 11.8 Å². The Kier molecular flexibility index (Phi) is 3.83. The first-order valence-electron chi connectivity index (χ1n) is 8.32. The van der Waals surface area contributed by atoms with E-state index in [1.165, 1.54) is 6.20 Å². The summed E-state index contributed by atoms with van der Waals surface area (Å²) in [6.07, 6.45) is 4.48. The Morgan fingerprint density at radius 3 is 2.48 bits per heavy atom. The first-order valence-corrected chi connectivity index (χ1v) is 8.32. The zero-order valence-electron chi connectivity index (χ0n) is 13.6. The number of nitrogens with one attached hydrogen (secondary N) is 1. The smallest absolute Gasteiger partial charge is 0.274 e. The van der Waals surface area contributed by atoms with E-state index in [2.05, 4.69) is 15.1 Å². The molecule has 130 valence electrons. The number of H-pyrrole nitrogens is 1. The quantitative estimate of drug-likeness (QED) is 0.818.